The molecule has 1 aromatic carbocycles. The van der Waals surface area contributed by atoms with Gasteiger partial charge in [0.15, 0.2) is 0 Å². The molecule has 0 radical (unpaired) electrons. The molecule has 0 N–H and O–H groups in total. The van der Waals surface area contributed by atoms with Crippen LogP contribution < -0.4 is 0 Å². The number of hydrogen-bond donors (Lipinski definition) is 0. The number of rotatable bonds is 3. The molecule has 0 amide bonds. The first kappa shape index (κ1) is 11.9. The molecule has 17 heavy (non-hydrogen) atoms. The molecule has 1 heterocycles. The van der Waals surface area contributed by atoms with Crippen LogP contribution in [0.2, 0.25) is 0 Å². The second kappa shape index (κ2) is 4.74. The van der Waals surface area contributed by atoms with Crippen LogP contribution >= 0.6 is 0 Å². The Morgan fingerprint density at radius 3 is 2.35 bits per heavy atom. The van der Waals surface area contributed by atoms with E-state index in [0.29, 0.717) is 5.92 Å². The van der Waals surface area contributed by atoms with Crippen molar-refractivity contribution >= 4 is 0 Å². The van der Waals surface area contributed by atoms with Gasteiger partial charge in [-0.25, -0.2) is 4.98 Å². The Balaban J connectivity index is 2.28. The van der Waals surface area contributed by atoms with Crippen molar-refractivity contribution in [2.24, 2.45) is 0 Å². The number of imidazole rings is 1. The minimum Gasteiger partial charge on any atom is -0.330 e. The van der Waals surface area contributed by atoms with E-state index in [1.807, 2.05) is 6.20 Å². The van der Waals surface area contributed by atoms with Gasteiger partial charge in [0.2, 0.25) is 0 Å². The van der Waals surface area contributed by atoms with E-state index < -0.39 is 0 Å². The second-order valence-corrected chi connectivity index (χ2v) is 5.06. The zero-order chi connectivity index (χ0) is 12.4. The number of nitrogens with zero attached hydrogens (tertiary/aromatic N) is 2. The van der Waals surface area contributed by atoms with E-state index in [4.69, 9.17) is 0 Å². The maximum atomic E-state index is 4.42. The third-order valence-electron chi connectivity index (χ3n) is 2.90. The normalized spacial score (nSPS) is 11.1. The number of aryl methyl sites for hydroxylation is 2. The molecule has 0 unspecified atom stereocenters. The lowest BCUT2D eigenvalue weighted by molar-refractivity contribution is 0.669. The Morgan fingerprint density at radius 2 is 1.76 bits per heavy atom. The summed E-state index contributed by atoms with van der Waals surface area (Å²) < 4.78 is 2.24. The highest BCUT2D eigenvalue weighted by Gasteiger charge is 2.07. The summed E-state index contributed by atoms with van der Waals surface area (Å²) in [6, 6.07) is 6.70. The molecule has 0 saturated heterocycles. The second-order valence-electron chi connectivity index (χ2n) is 5.06. The minimum atomic E-state index is 0.468. The predicted molar refractivity (Wildman–Crippen MR) is 71.3 cm³/mol. The molecule has 0 bridgehead atoms. The van der Waals surface area contributed by atoms with Crippen LogP contribution in [-0.2, 0) is 6.54 Å². The maximum Gasteiger partial charge on any atom is 0.111 e. The fraction of sp³-hybridized carbons (Fsp3) is 0.400. The third kappa shape index (κ3) is 2.76. The van der Waals surface area contributed by atoms with E-state index in [2.05, 4.69) is 61.6 Å². The molecule has 1 aromatic heterocycles. The molecule has 0 aliphatic heterocycles. The molecule has 0 fully saturated rings. The molecule has 0 aliphatic rings. The fourth-order valence-corrected chi connectivity index (χ4v) is 2.31. The third-order valence-corrected chi connectivity index (χ3v) is 2.90. The van der Waals surface area contributed by atoms with Gasteiger partial charge < -0.3 is 4.57 Å². The molecule has 2 aromatic rings. The van der Waals surface area contributed by atoms with Gasteiger partial charge in [0.25, 0.3) is 0 Å². The first-order valence-corrected chi connectivity index (χ1v) is 6.14. The van der Waals surface area contributed by atoms with E-state index in [1.54, 1.807) is 0 Å². The Kier molecular flexibility index (Phi) is 3.32. The highest BCUT2D eigenvalue weighted by molar-refractivity contribution is 5.29. The fourth-order valence-electron chi connectivity index (χ4n) is 2.31. The van der Waals surface area contributed by atoms with Crippen molar-refractivity contribution in [3.8, 4) is 0 Å². The van der Waals surface area contributed by atoms with Crippen LogP contribution in [0.15, 0.2) is 30.6 Å². The SMILES string of the molecule is Cc1cc(C)cc(Cn2ccnc2C(C)C)c1. The highest BCUT2D eigenvalue weighted by Crippen LogP contribution is 2.15. The standard InChI is InChI=1S/C15H20N2/c1-11(2)15-16-5-6-17(15)10-14-8-12(3)7-13(4)9-14/h5-9,11H,10H2,1-4H3. The Labute approximate surface area is 103 Å². The van der Waals surface area contributed by atoms with Gasteiger partial charge in [-0.2, -0.15) is 0 Å². The Hall–Kier alpha value is -1.57. The van der Waals surface area contributed by atoms with Crippen molar-refractivity contribution in [2.75, 3.05) is 0 Å². The molecule has 90 valence electrons. The minimum absolute atomic E-state index is 0.468. The first-order chi connectivity index (χ1) is 8.06. The molecule has 2 nitrogen and oxygen atoms in total. The quantitative estimate of drug-likeness (QED) is 0.783. The van der Waals surface area contributed by atoms with Crippen molar-refractivity contribution in [1.29, 1.82) is 0 Å². The maximum absolute atomic E-state index is 4.42. The lowest BCUT2D eigenvalue weighted by Crippen LogP contribution is -2.06. The average molecular weight is 228 g/mol. The van der Waals surface area contributed by atoms with E-state index in [9.17, 15) is 0 Å². The van der Waals surface area contributed by atoms with Crippen LogP contribution in [0.1, 0.15) is 42.3 Å². The van der Waals surface area contributed by atoms with Crippen molar-refractivity contribution < 1.29 is 0 Å². The van der Waals surface area contributed by atoms with Crippen LogP contribution in [0.4, 0.5) is 0 Å². The summed E-state index contributed by atoms with van der Waals surface area (Å²) in [5, 5.41) is 0. The van der Waals surface area contributed by atoms with Crippen LogP contribution in [0.5, 0.6) is 0 Å². The summed E-state index contributed by atoms with van der Waals surface area (Å²) in [5.74, 6) is 1.63. The van der Waals surface area contributed by atoms with Gasteiger partial charge in [0.1, 0.15) is 5.82 Å². The summed E-state index contributed by atoms with van der Waals surface area (Å²) in [6.45, 7) is 9.57. The zero-order valence-corrected chi connectivity index (χ0v) is 11.1. The van der Waals surface area contributed by atoms with Gasteiger partial charge >= 0.3 is 0 Å². The van der Waals surface area contributed by atoms with Crippen molar-refractivity contribution in [3.05, 3.63) is 53.1 Å². The summed E-state index contributed by atoms with van der Waals surface area (Å²) in [5.41, 5.74) is 4.00. The van der Waals surface area contributed by atoms with Crippen LogP contribution in [0.25, 0.3) is 0 Å². The van der Waals surface area contributed by atoms with Crippen molar-refractivity contribution in [1.82, 2.24) is 9.55 Å². The topological polar surface area (TPSA) is 17.8 Å². The van der Waals surface area contributed by atoms with Gasteiger partial charge in [0.05, 0.1) is 0 Å². The summed E-state index contributed by atoms with van der Waals surface area (Å²) in [4.78, 5) is 4.42. The molecular weight excluding hydrogens is 208 g/mol. The van der Waals surface area contributed by atoms with Crippen LogP contribution in [0.3, 0.4) is 0 Å². The smallest absolute Gasteiger partial charge is 0.111 e. The van der Waals surface area contributed by atoms with Gasteiger partial charge in [-0.15, -0.1) is 0 Å². The van der Waals surface area contributed by atoms with Gasteiger partial charge in [0, 0.05) is 24.9 Å². The molecule has 2 rings (SSSR count). The van der Waals surface area contributed by atoms with E-state index in [1.165, 1.54) is 16.7 Å². The number of hydrogen-bond acceptors (Lipinski definition) is 1. The zero-order valence-electron chi connectivity index (χ0n) is 11.1. The number of benzene rings is 1. The van der Waals surface area contributed by atoms with Gasteiger partial charge in [-0.05, 0) is 19.4 Å². The first-order valence-electron chi connectivity index (χ1n) is 6.14. The summed E-state index contributed by atoms with van der Waals surface area (Å²) in [7, 11) is 0. The molecule has 0 spiro atoms. The Morgan fingerprint density at radius 1 is 1.12 bits per heavy atom. The highest BCUT2D eigenvalue weighted by atomic mass is 15.1. The summed E-state index contributed by atoms with van der Waals surface area (Å²) in [6.07, 6.45) is 3.95. The molecule has 0 saturated carbocycles. The lowest BCUT2D eigenvalue weighted by Gasteiger charge is -2.11. The molecule has 2 heteroatoms. The lowest BCUT2D eigenvalue weighted by atomic mass is 10.1. The molecule has 0 atom stereocenters. The largest absolute Gasteiger partial charge is 0.330 e. The van der Waals surface area contributed by atoms with Gasteiger partial charge in [-0.1, -0.05) is 43.2 Å². The van der Waals surface area contributed by atoms with Crippen LogP contribution in [-0.4, -0.2) is 9.55 Å². The van der Waals surface area contributed by atoms with Crippen molar-refractivity contribution in [2.45, 2.75) is 40.2 Å². The number of aromatic nitrogens is 2. The van der Waals surface area contributed by atoms with E-state index in [0.717, 1.165) is 12.4 Å². The monoisotopic (exact) mass is 228 g/mol. The van der Waals surface area contributed by atoms with Crippen molar-refractivity contribution in [3.63, 3.8) is 0 Å². The average Bonchev–Trinajstić information content (AvgIpc) is 2.63. The van der Waals surface area contributed by atoms with E-state index in [-0.39, 0.29) is 0 Å². The predicted octanol–water partition coefficient (Wildman–Crippen LogP) is 3.67. The van der Waals surface area contributed by atoms with Gasteiger partial charge in [-0.3, -0.25) is 0 Å². The Bertz CT molecular complexity index is 489. The molecule has 0 aliphatic carbocycles. The van der Waals surface area contributed by atoms with Crippen LogP contribution in [0, 0.1) is 13.8 Å². The summed E-state index contributed by atoms with van der Waals surface area (Å²) >= 11 is 0. The van der Waals surface area contributed by atoms with E-state index >= 15 is 0 Å². The molecular formula is C15H20N2.